The van der Waals surface area contributed by atoms with Gasteiger partial charge in [0.25, 0.3) is 0 Å². The van der Waals surface area contributed by atoms with Gasteiger partial charge in [-0.3, -0.25) is 4.99 Å². The summed E-state index contributed by atoms with van der Waals surface area (Å²) in [6.07, 6.45) is 1.02. The van der Waals surface area contributed by atoms with Crippen LogP contribution in [0.15, 0.2) is 47.5 Å². The van der Waals surface area contributed by atoms with E-state index in [4.69, 9.17) is 4.74 Å². The number of rotatable bonds is 3. The van der Waals surface area contributed by atoms with Crippen molar-refractivity contribution in [3.8, 4) is 0 Å². The molecule has 1 fully saturated rings. The Morgan fingerprint density at radius 1 is 1.00 bits per heavy atom. The first-order valence-corrected chi connectivity index (χ1v) is 11.1. The number of piperazine rings is 1. The molecule has 0 saturated carbocycles. The lowest BCUT2D eigenvalue weighted by atomic mass is 10.0. The molecule has 1 amide bonds. The highest BCUT2D eigenvalue weighted by Crippen LogP contribution is 2.33. The van der Waals surface area contributed by atoms with E-state index in [1.807, 2.05) is 32.9 Å². The highest BCUT2D eigenvalue weighted by Gasteiger charge is 2.27. The van der Waals surface area contributed by atoms with E-state index in [-0.39, 0.29) is 17.7 Å². The van der Waals surface area contributed by atoms with Crippen molar-refractivity contribution in [2.45, 2.75) is 45.3 Å². The molecule has 7 heteroatoms. The molecule has 4 rings (SSSR count). The van der Waals surface area contributed by atoms with Crippen LogP contribution < -0.4 is 4.90 Å². The van der Waals surface area contributed by atoms with Gasteiger partial charge in [0, 0.05) is 37.6 Å². The fraction of sp³-hybridized carbons (Fsp3) is 0.440. The molecule has 170 valence electrons. The molecule has 0 aromatic heterocycles. The van der Waals surface area contributed by atoms with Gasteiger partial charge in [0.2, 0.25) is 0 Å². The highest BCUT2D eigenvalue weighted by molar-refractivity contribution is 6.02. The van der Waals surface area contributed by atoms with Crippen LogP contribution in [-0.2, 0) is 4.74 Å². The number of amides is 1. The van der Waals surface area contributed by atoms with E-state index in [0.29, 0.717) is 25.2 Å². The first-order valence-electron chi connectivity index (χ1n) is 11.1. The highest BCUT2D eigenvalue weighted by atomic mass is 19.1. The van der Waals surface area contributed by atoms with Crippen LogP contribution in [0.5, 0.6) is 0 Å². The molecule has 1 saturated heterocycles. The third-order valence-corrected chi connectivity index (χ3v) is 5.79. The third kappa shape index (κ3) is 4.92. The summed E-state index contributed by atoms with van der Waals surface area (Å²) in [6.45, 7) is 8.29. The van der Waals surface area contributed by atoms with Crippen molar-refractivity contribution < 1.29 is 18.3 Å². The third-order valence-electron chi connectivity index (χ3n) is 5.79. The van der Waals surface area contributed by atoms with Crippen molar-refractivity contribution in [2.24, 2.45) is 4.99 Å². The molecule has 5 nitrogen and oxygen atoms in total. The lowest BCUT2D eigenvalue weighted by Gasteiger charge is -2.36. The topological polar surface area (TPSA) is 45.1 Å². The molecule has 0 spiro atoms. The minimum absolute atomic E-state index is 0.00511. The van der Waals surface area contributed by atoms with Gasteiger partial charge in [0.15, 0.2) is 0 Å². The molecule has 2 aromatic carbocycles. The quantitative estimate of drug-likeness (QED) is 0.645. The standard InChI is InChI=1S/C25H29F2N3O2/c1-25(2,3)32-24(31)30-15-13-29(14-16-30)18-9-7-17(8-10-18)21-11-12-22(28-21)23-19(26)5-4-6-20(23)27/h4-10,21H,11-16H2,1-3H3. The number of carbonyl (C=O) groups is 1. The van der Waals surface area contributed by atoms with Crippen LogP contribution in [0.3, 0.4) is 0 Å². The fourth-order valence-corrected chi connectivity index (χ4v) is 4.18. The number of ether oxygens (including phenoxy) is 1. The largest absolute Gasteiger partial charge is 0.444 e. The molecule has 2 aromatic rings. The van der Waals surface area contributed by atoms with Gasteiger partial charge in [-0.2, -0.15) is 0 Å². The summed E-state index contributed by atoms with van der Waals surface area (Å²) in [4.78, 5) is 20.8. The van der Waals surface area contributed by atoms with E-state index >= 15 is 0 Å². The fourth-order valence-electron chi connectivity index (χ4n) is 4.18. The van der Waals surface area contributed by atoms with Gasteiger partial charge in [-0.25, -0.2) is 13.6 Å². The van der Waals surface area contributed by atoms with Crippen LogP contribution in [0.1, 0.15) is 50.8 Å². The first-order chi connectivity index (χ1) is 15.2. The van der Waals surface area contributed by atoms with Crippen LogP contribution in [-0.4, -0.2) is 48.5 Å². The Morgan fingerprint density at radius 3 is 2.22 bits per heavy atom. The summed E-state index contributed by atoms with van der Waals surface area (Å²) < 4.78 is 33.6. The lowest BCUT2D eigenvalue weighted by Crippen LogP contribution is -2.50. The van der Waals surface area contributed by atoms with Gasteiger partial charge in [-0.15, -0.1) is 0 Å². The van der Waals surface area contributed by atoms with E-state index in [9.17, 15) is 13.6 Å². The number of halogens is 2. The summed E-state index contributed by atoms with van der Waals surface area (Å²) in [5.41, 5.74) is 2.11. The molecule has 2 aliphatic rings. The Labute approximate surface area is 187 Å². The molecular formula is C25H29F2N3O2. The van der Waals surface area contributed by atoms with Gasteiger partial charge >= 0.3 is 6.09 Å². The SMILES string of the molecule is CC(C)(C)OC(=O)N1CCN(c2ccc(C3CCC(c4c(F)cccc4F)=N3)cc2)CC1. The van der Waals surface area contributed by atoms with Crippen molar-refractivity contribution >= 4 is 17.5 Å². The van der Waals surface area contributed by atoms with Crippen molar-refractivity contribution in [3.63, 3.8) is 0 Å². The Morgan fingerprint density at radius 2 is 1.62 bits per heavy atom. The summed E-state index contributed by atoms with van der Waals surface area (Å²) in [7, 11) is 0. The molecule has 1 atom stereocenters. The monoisotopic (exact) mass is 441 g/mol. The summed E-state index contributed by atoms with van der Waals surface area (Å²) in [5, 5.41) is 0. The predicted octanol–water partition coefficient (Wildman–Crippen LogP) is 5.35. The van der Waals surface area contributed by atoms with E-state index in [1.54, 1.807) is 4.90 Å². The van der Waals surface area contributed by atoms with E-state index < -0.39 is 17.2 Å². The van der Waals surface area contributed by atoms with Crippen molar-refractivity contribution in [1.82, 2.24) is 4.90 Å². The first kappa shape index (κ1) is 22.2. The molecule has 2 heterocycles. The number of hydrogen-bond acceptors (Lipinski definition) is 4. The molecular weight excluding hydrogens is 412 g/mol. The zero-order valence-corrected chi connectivity index (χ0v) is 18.8. The molecule has 2 aliphatic heterocycles. The van der Waals surface area contributed by atoms with E-state index in [1.165, 1.54) is 18.2 Å². The zero-order valence-electron chi connectivity index (χ0n) is 18.8. The maximum atomic E-state index is 14.1. The van der Waals surface area contributed by atoms with Crippen molar-refractivity contribution in [3.05, 3.63) is 65.2 Å². The lowest BCUT2D eigenvalue weighted by molar-refractivity contribution is 0.0240. The van der Waals surface area contributed by atoms with E-state index in [2.05, 4.69) is 22.0 Å². The minimum atomic E-state index is -0.565. The van der Waals surface area contributed by atoms with Crippen LogP contribution in [0.4, 0.5) is 19.3 Å². The molecule has 1 unspecified atom stereocenters. The molecule has 0 bridgehead atoms. The normalized spacial score (nSPS) is 19.2. The van der Waals surface area contributed by atoms with E-state index in [0.717, 1.165) is 30.8 Å². The second-order valence-electron chi connectivity index (χ2n) is 9.27. The van der Waals surface area contributed by atoms with Crippen molar-refractivity contribution in [2.75, 3.05) is 31.1 Å². The maximum absolute atomic E-state index is 14.1. The summed E-state index contributed by atoms with van der Waals surface area (Å²) >= 11 is 0. The number of benzene rings is 2. The molecule has 32 heavy (non-hydrogen) atoms. The van der Waals surface area contributed by atoms with Gasteiger partial charge in [0.1, 0.15) is 17.2 Å². The van der Waals surface area contributed by atoms with Crippen LogP contribution in [0.25, 0.3) is 0 Å². The van der Waals surface area contributed by atoms with Crippen LogP contribution in [0, 0.1) is 11.6 Å². The Kier molecular flexibility index (Phi) is 6.17. The molecule has 0 aliphatic carbocycles. The van der Waals surface area contributed by atoms with Crippen LogP contribution >= 0.6 is 0 Å². The predicted molar refractivity (Wildman–Crippen MR) is 121 cm³/mol. The van der Waals surface area contributed by atoms with Gasteiger partial charge < -0.3 is 14.5 Å². The smallest absolute Gasteiger partial charge is 0.410 e. The van der Waals surface area contributed by atoms with Gasteiger partial charge in [-0.05, 0) is 63.4 Å². The Bertz CT molecular complexity index is 987. The number of anilines is 1. The van der Waals surface area contributed by atoms with Gasteiger partial charge in [-0.1, -0.05) is 18.2 Å². The minimum Gasteiger partial charge on any atom is -0.444 e. The zero-order chi connectivity index (χ0) is 22.9. The average Bonchev–Trinajstić information content (AvgIpc) is 3.22. The van der Waals surface area contributed by atoms with Crippen LogP contribution in [0.2, 0.25) is 0 Å². The number of carbonyl (C=O) groups excluding carboxylic acids is 1. The second kappa shape index (κ2) is 8.88. The molecule has 0 N–H and O–H groups in total. The van der Waals surface area contributed by atoms with Gasteiger partial charge in [0.05, 0.1) is 11.6 Å². The number of hydrogen-bond donors (Lipinski definition) is 0. The molecule has 0 radical (unpaired) electrons. The average molecular weight is 442 g/mol. The summed E-state index contributed by atoms with van der Waals surface area (Å²) in [5.74, 6) is -1.13. The Hall–Kier alpha value is -2.96. The number of nitrogens with zero attached hydrogens (tertiary/aromatic N) is 3. The van der Waals surface area contributed by atoms with Crippen molar-refractivity contribution in [1.29, 1.82) is 0 Å². The Balaban J connectivity index is 1.38. The maximum Gasteiger partial charge on any atom is 0.410 e. The summed E-state index contributed by atoms with van der Waals surface area (Å²) in [6, 6.07) is 12.0. The number of aliphatic imine (C=N–C) groups is 1. The second-order valence-corrected chi connectivity index (χ2v) is 9.27.